The van der Waals surface area contributed by atoms with Crippen molar-refractivity contribution >= 4 is 43.5 Å². The second kappa shape index (κ2) is 9.65. The van der Waals surface area contributed by atoms with E-state index in [0.717, 1.165) is 71.3 Å². The van der Waals surface area contributed by atoms with Crippen LogP contribution in [0.25, 0.3) is 76.9 Å². The van der Waals surface area contributed by atoms with Crippen molar-refractivity contribution in [2.24, 2.45) is 0 Å². The molecule has 0 radical (unpaired) electrons. The molecule has 3 N–H and O–H groups in total. The Balaban J connectivity index is 1.48. The number of phenolic OH excluding ortho intramolecular Hbond substituents is 3. The first-order valence-corrected chi connectivity index (χ1v) is 14.6. The van der Waals surface area contributed by atoms with E-state index in [2.05, 4.69) is 42.5 Å². The fourth-order valence-electron chi connectivity index (χ4n) is 6.78. The molecule has 4 nitrogen and oxygen atoms in total. The predicted molar refractivity (Wildman–Crippen MR) is 180 cm³/mol. The highest BCUT2D eigenvalue weighted by molar-refractivity contribution is 6.23. The first kappa shape index (κ1) is 25.9. The predicted octanol–water partition coefficient (Wildman–Crippen LogP) is 10.6. The Morgan fingerprint density at radius 2 is 1.00 bits per heavy atom. The summed E-state index contributed by atoms with van der Waals surface area (Å²) in [7, 11) is 0. The van der Waals surface area contributed by atoms with Gasteiger partial charge in [-0.1, -0.05) is 97.1 Å². The molecule has 0 spiro atoms. The van der Waals surface area contributed by atoms with E-state index in [4.69, 9.17) is 4.42 Å². The summed E-state index contributed by atoms with van der Waals surface area (Å²) < 4.78 is 6.34. The van der Waals surface area contributed by atoms with Crippen molar-refractivity contribution in [1.82, 2.24) is 0 Å². The standard InChI is InChI=1S/C40H28O4/c1-22-38(41)23(2)40(43)37(39(22)42)36-29-15-8-6-13-27(29)34(28-14-7-9-16-30(28)36)25-19-20-32-31(21-25)35-26(17-10-18-33(35)44-32)24-11-4-3-5-12-24/h3-21,41-43H,1-2H3. The van der Waals surface area contributed by atoms with Gasteiger partial charge in [-0.05, 0) is 75.8 Å². The monoisotopic (exact) mass is 572 g/mol. The Morgan fingerprint density at radius 1 is 0.432 bits per heavy atom. The molecule has 0 amide bonds. The fraction of sp³-hybridized carbons (Fsp3) is 0.0500. The largest absolute Gasteiger partial charge is 0.507 e. The molecule has 0 aliphatic rings. The molecule has 0 saturated heterocycles. The van der Waals surface area contributed by atoms with Crippen LogP contribution < -0.4 is 0 Å². The lowest BCUT2D eigenvalue weighted by Gasteiger charge is -2.21. The highest BCUT2D eigenvalue weighted by atomic mass is 16.3. The molecular weight excluding hydrogens is 544 g/mol. The number of hydrogen-bond acceptors (Lipinski definition) is 4. The van der Waals surface area contributed by atoms with Gasteiger partial charge in [0.2, 0.25) is 0 Å². The molecular formula is C40H28O4. The lowest BCUT2D eigenvalue weighted by Crippen LogP contribution is -1.94. The molecule has 1 heterocycles. The van der Waals surface area contributed by atoms with E-state index in [-0.39, 0.29) is 17.2 Å². The topological polar surface area (TPSA) is 73.8 Å². The Labute approximate surface area is 253 Å². The Bertz CT molecular complexity index is 2350. The van der Waals surface area contributed by atoms with E-state index in [9.17, 15) is 15.3 Å². The normalized spacial score (nSPS) is 11.7. The third-order valence-corrected chi connectivity index (χ3v) is 8.94. The molecule has 0 unspecified atom stereocenters. The molecule has 8 aromatic rings. The summed E-state index contributed by atoms with van der Waals surface area (Å²) in [6.45, 7) is 3.32. The molecule has 0 aliphatic carbocycles. The third kappa shape index (κ3) is 3.64. The van der Waals surface area contributed by atoms with Gasteiger partial charge in [-0.2, -0.15) is 0 Å². The van der Waals surface area contributed by atoms with Crippen LogP contribution in [-0.4, -0.2) is 15.3 Å². The summed E-state index contributed by atoms with van der Waals surface area (Å²) in [6, 6.07) is 39.1. The zero-order chi connectivity index (χ0) is 30.1. The van der Waals surface area contributed by atoms with E-state index < -0.39 is 0 Å². The number of rotatable bonds is 3. The number of fused-ring (bicyclic) bond motifs is 5. The number of phenols is 3. The molecule has 44 heavy (non-hydrogen) atoms. The molecule has 0 fully saturated rings. The first-order valence-electron chi connectivity index (χ1n) is 14.6. The van der Waals surface area contributed by atoms with E-state index in [1.54, 1.807) is 13.8 Å². The smallest absolute Gasteiger partial charge is 0.136 e. The van der Waals surface area contributed by atoms with Gasteiger partial charge >= 0.3 is 0 Å². The maximum Gasteiger partial charge on any atom is 0.136 e. The van der Waals surface area contributed by atoms with Gasteiger partial charge in [-0.3, -0.25) is 0 Å². The van der Waals surface area contributed by atoms with Crippen LogP contribution in [0.15, 0.2) is 120 Å². The second-order valence-electron chi connectivity index (χ2n) is 11.4. The minimum Gasteiger partial charge on any atom is -0.507 e. The Kier molecular flexibility index (Phi) is 5.69. The van der Waals surface area contributed by atoms with Gasteiger partial charge in [-0.25, -0.2) is 0 Å². The summed E-state index contributed by atoms with van der Waals surface area (Å²) >= 11 is 0. The molecule has 1 aromatic heterocycles. The van der Waals surface area contributed by atoms with E-state index in [1.165, 1.54) is 0 Å². The van der Waals surface area contributed by atoms with Crippen LogP contribution in [0.1, 0.15) is 11.1 Å². The summed E-state index contributed by atoms with van der Waals surface area (Å²) in [4.78, 5) is 0. The maximum atomic E-state index is 11.3. The molecule has 8 rings (SSSR count). The molecule has 0 saturated carbocycles. The number of hydrogen-bond donors (Lipinski definition) is 3. The van der Waals surface area contributed by atoms with Gasteiger partial charge < -0.3 is 19.7 Å². The summed E-state index contributed by atoms with van der Waals surface area (Å²) in [5, 5.41) is 39.1. The van der Waals surface area contributed by atoms with Crippen LogP contribution in [0, 0.1) is 13.8 Å². The molecule has 4 heteroatoms. The van der Waals surface area contributed by atoms with Crippen molar-refractivity contribution in [2.45, 2.75) is 13.8 Å². The number of aromatic hydroxyl groups is 3. The minimum absolute atomic E-state index is 0.107. The molecule has 0 bridgehead atoms. The number of furan rings is 1. The van der Waals surface area contributed by atoms with Crippen LogP contribution in [0.3, 0.4) is 0 Å². The van der Waals surface area contributed by atoms with E-state index in [1.807, 2.05) is 72.8 Å². The van der Waals surface area contributed by atoms with Gasteiger partial charge in [0.25, 0.3) is 0 Å². The van der Waals surface area contributed by atoms with Crippen LogP contribution in [0.5, 0.6) is 17.2 Å². The van der Waals surface area contributed by atoms with E-state index in [0.29, 0.717) is 16.7 Å². The SMILES string of the molecule is Cc1c(O)c(C)c(O)c(-c2c3ccccc3c(-c3ccc4oc5cccc(-c6ccccc6)c5c4c3)c3ccccc23)c1O. The zero-order valence-corrected chi connectivity index (χ0v) is 24.2. The summed E-state index contributed by atoms with van der Waals surface area (Å²) in [6.07, 6.45) is 0. The average Bonchev–Trinajstić information content (AvgIpc) is 3.45. The Morgan fingerprint density at radius 3 is 1.61 bits per heavy atom. The molecule has 0 aliphatic heterocycles. The van der Waals surface area contributed by atoms with Gasteiger partial charge in [0, 0.05) is 27.5 Å². The maximum absolute atomic E-state index is 11.3. The zero-order valence-electron chi connectivity index (χ0n) is 24.2. The van der Waals surface area contributed by atoms with Gasteiger partial charge in [0.15, 0.2) is 0 Å². The fourth-order valence-corrected chi connectivity index (χ4v) is 6.78. The highest BCUT2D eigenvalue weighted by Gasteiger charge is 2.25. The highest BCUT2D eigenvalue weighted by Crippen LogP contribution is 2.52. The van der Waals surface area contributed by atoms with Crippen molar-refractivity contribution < 1.29 is 19.7 Å². The third-order valence-electron chi connectivity index (χ3n) is 8.94. The van der Waals surface area contributed by atoms with Crippen molar-refractivity contribution in [3.8, 4) is 50.6 Å². The first-order chi connectivity index (χ1) is 21.4. The minimum atomic E-state index is -0.131. The molecule has 0 atom stereocenters. The van der Waals surface area contributed by atoms with Crippen LogP contribution >= 0.6 is 0 Å². The number of benzene rings is 7. The second-order valence-corrected chi connectivity index (χ2v) is 11.4. The average molecular weight is 573 g/mol. The van der Waals surface area contributed by atoms with Crippen molar-refractivity contribution in [3.63, 3.8) is 0 Å². The van der Waals surface area contributed by atoms with Gasteiger partial charge in [-0.15, -0.1) is 0 Å². The van der Waals surface area contributed by atoms with Crippen molar-refractivity contribution in [2.75, 3.05) is 0 Å². The van der Waals surface area contributed by atoms with Gasteiger partial charge in [0.05, 0.1) is 5.56 Å². The summed E-state index contributed by atoms with van der Waals surface area (Å²) in [5.41, 5.74) is 7.71. The van der Waals surface area contributed by atoms with Crippen LogP contribution in [0.2, 0.25) is 0 Å². The van der Waals surface area contributed by atoms with E-state index >= 15 is 0 Å². The Hall–Kier alpha value is -5.74. The van der Waals surface area contributed by atoms with Crippen molar-refractivity contribution in [1.29, 1.82) is 0 Å². The van der Waals surface area contributed by atoms with Crippen LogP contribution in [-0.2, 0) is 0 Å². The summed E-state index contributed by atoms with van der Waals surface area (Å²) in [5.74, 6) is -0.369. The van der Waals surface area contributed by atoms with Crippen LogP contribution in [0.4, 0.5) is 0 Å². The lowest BCUT2D eigenvalue weighted by atomic mass is 9.84. The molecule has 212 valence electrons. The quantitative estimate of drug-likeness (QED) is 0.184. The molecule has 7 aromatic carbocycles. The van der Waals surface area contributed by atoms with Crippen molar-refractivity contribution in [3.05, 3.63) is 126 Å². The van der Waals surface area contributed by atoms with Gasteiger partial charge in [0.1, 0.15) is 28.4 Å². The lowest BCUT2D eigenvalue weighted by molar-refractivity contribution is 0.420.